The Hall–Kier alpha value is -1.62. The first kappa shape index (κ1) is 13.8. The van der Waals surface area contributed by atoms with Crippen LogP contribution in [-0.2, 0) is 0 Å². The van der Waals surface area contributed by atoms with Crippen LogP contribution in [0, 0.1) is 0 Å². The quantitative estimate of drug-likeness (QED) is 0.652. The first-order chi connectivity index (χ1) is 9.24. The molecule has 0 saturated carbocycles. The lowest BCUT2D eigenvalue weighted by Crippen LogP contribution is -2.28. The van der Waals surface area contributed by atoms with Crippen molar-refractivity contribution >= 4 is 11.6 Å². The lowest BCUT2D eigenvalue weighted by molar-refractivity contribution is 0.338. The number of nitrogens with zero attached hydrogens (tertiary/aromatic N) is 1. The first-order valence-electron chi connectivity index (χ1n) is 6.04. The summed E-state index contributed by atoms with van der Waals surface area (Å²) in [5.74, 6) is 6.38. The van der Waals surface area contributed by atoms with Crippen LogP contribution in [0.3, 0.4) is 0 Å². The lowest BCUT2D eigenvalue weighted by atomic mass is 10.0. The molecule has 1 aromatic heterocycles. The van der Waals surface area contributed by atoms with E-state index >= 15 is 0 Å². The number of ether oxygens (including phenoxy) is 1. The molecule has 0 saturated heterocycles. The fourth-order valence-corrected chi connectivity index (χ4v) is 2.01. The van der Waals surface area contributed by atoms with E-state index in [2.05, 4.69) is 10.4 Å². The monoisotopic (exact) mass is 277 g/mol. The van der Waals surface area contributed by atoms with Crippen molar-refractivity contribution in [2.24, 2.45) is 5.84 Å². The number of hydrogen-bond donors (Lipinski definition) is 2. The predicted molar refractivity (Wildman–Crippen MR) is 76.0 cm³/mol. The lowest BCUT2D eigenvalue weighted by Gasteiger charge is -2.17. The third-order valence-electron chi connectivity index (χ3n) is 2.75. The van der Waals surface area contributed by atoms with E-state index in [0.717, 1.165) is 16.9 Å². The number of hydrazine groups is 1. The molecule has 5 heteroatoms. The SMILES string of the molecule is CCOc1cncc(C(NN)c2ccc(Cl)cc2)c1. The molecule has 0 bridgehead atoms. The Morgan fingerprint density at radius 1 is 1.26 bits per heavy atom. The summed E-state index contributed by atoms with van der Waals surface area (Å²) in [5.41, 5.74) is 4.74. The molecular formula is C14H16ClN3O. The normalized spacial score (nSPS) is 12.2. The smallest absolute Gasteiger partial charge is 0.137 e. The summed E-state index contributed by atoms with van der Waals surface area (Å²) < 4.78 is 5.44. The molecular weight excluding hydrogens is 262 g/mol. The Morgan fingerprint density at radius 2 is 2.00 bits per heavy atom. The first-order valence-corrected chi connectivity index (χ1v) is 6.41. The van der Waals surface area contributed by atoms with Gasteiger partial charge < -0.3 is 4.74 Å². The van der Waals surface area contributed by atoms with Gasteiger partial charge in [-0.2, -0.15) is 0 Å². The van der Waals surface area contributed by atoms with Crippen molar-refractivity contribution in [3.63, 3.8) is 0 Å². The number of aromatic nitrogens is 1. The van der Waals surface area contributed by atoms with Crippen molar-refractivity contribution in [3.8, 4) is 5.75 Å². The molecule has 3 N–H and O–H groups in total. The minimum atomic E-state index is -0.148. The van der Waals surface area contributed by atoms with Gasteiger partial charge in [-0.1, -0.05) is 23.7 Å². The minimum Gasteiger partial charge on any atom is -0.492 e. The second kappa shape index (κ2) is 6.52. The summed E-state index contributed by atoms with van der Waals surface area (Å²) >= 11 is 5.89. The highest BCUT2D eigenvalue weighted by Gasteiger charge is 2.13. The maximum atomic E-state index is 5.89. The van der Waals surface area contributed by atoms with Crippen molar-refractivity contribution in [2.75, 3.05) is 6.61 Å². The van der Waals surface area contributed by atoms with E-state index in [-0.39, 0.29) is 6.04 Å². The van der Waals surface area contributed by atoms with Crippen molar-refractivity contribution in [2.45, 2.75) is 13.0 Å². The molecule has 1 unspecified atom stereocenters. The summed E-state index contributed by atoms with van der Waals surface area (Å²) in [4.78, 5) is 4.17. The van der Waals surface area contributed by atoms with E-state index in [9.17, 15) is 0 Å². The van der Waals surface area contributed by atoms with Gasteiger partial charge in [0.2, 0.25) is 0 Å². The number of benzene rings is 1. The van der Waals surface area contributed by atoms with Gasteiger partial charge >= 0.3 is 0 Å². The topological polar surface area (TPSA) is 60.2 Å². The third kappa shape index (κ3) is 3.44. The Bertz CT molecular complexity index is 530. The second-order valence-electron chi connectivity index (χ2n) is 4.04. The van der Waals surface area contributed by atoms with Crippen LogP contribution in [0.25, 0.3) is 0 Å². The van der Waals surface area contributed by atoms with Crippen molar-refractivity contribution in [3.05, 3.63) is 58.9 Å². The van der Waals surface area contributed by atoms with E-state index < -0.39 is 0 Å². The van der Waals surface area contributed by atoms with Crippen LogP contribution < -0.4 is 16.0 Å². The fraction of sp³-hybridized carbons (Fsp3) is 0.214. The number of halogens is 1. The Labute approximate surface area is 117 Å². The summed E-state index contributed by atoms with van der Waals surface area (Å²) in [6, 6.07) is 9.31. The third-order valence-corrected chi connectivity index (χ3v) is 3.00. The van der Waals surface area contributed by atoms with Gasteiger partial charge in [-0.15, -0.1) is 0 Å². The molecule has 0 spiro atoms. The van der Waals surface area contributed by atoms with E-state index in [1.807, 2.05) is 37.3 Å². The molecule has 0 amide bonds. The van der Waals surface area contributed by atoms with Crippen LogP contribution in [0.2, 0.25) is 5.02 Å². The maximum absolute atomic E-state index is 5.89. The Morgan fingerprint density at radius 3 is 2.63 bits per heavy atom. The van der Waals surface area contributed by atoms with Crippen LogP contribution in [0.5, 0.6) is 5.75 Å². The van der Waals surface area contributed by atoms with E-state index in [1.54, 1.807) is 12.4 Å². The van der Waals surface area contributed by atoms with Gasteiger partial charge in [-0.3, -0.25) is 10.8 Å². The van der Waals surface area contributed by atoms with Gasteiger partial charge in [0.15, 0.2) is 0 Å². The standard InChI is InChI=1S/C14H16ClN3O/c1-2-19-13-7-11(8-17-9-13)14(18-16)10-3-5-12(15)6-4-10/h3-9,14,18H,2,16H2,1H3. The highest BCUT2D eigenvalue weighted by molar-refractivity contribution is 6.30. The number of rotatable bonds is 5. The minimum absolute atomic E-state index is 0.148. The molecule has 1 heterocycles. The molecule has 0 aliphatic rings. The number of nitrogens with one attached hydrogen (secondary N) is 1. The molecule has 4 nitrogen and oxygen atoms in total. The van der Waals surface area contributed by atoms with E-state index in [4.69, 9.17) is 22.2 Å². The summed E-state index contributed by atoms with van der Waals surface area (Å²) in [6.07, 6.45) is 3.45. The molecule has 0 fully saturated rings. The zero-order valence-electron chi connectivity index (χ0n) is 10.6. The molecule has 1 aromatic carbocycles. The number of nitrogens with two attached hydrogens (primary N) is 1. The zero-order chi connectivity index (χ0) is 13.7. The molecule has 2 rings (SSSR count). The number of pyridine rings is 1. The highest BCUT2D eigenvalue weighted by atomic mass is 35.5. The predicted octanol–water partition coefficient (Wildman–Crippen LogP) is 2.69. The molecule has 2 aromatic rings. The van der Waals surface area contributed by atoms with E-state index in [0.29, 0.717) is 11.6 Å². The second-order valence-corrected chi connectivity index (χ2v) is 4.47. The average molecular weight is 278 g/mol. The molecule has 1 atom stereocenters. The highest BCUT2D eigenvalue weighted by Crippen LogP contribution is 2.24. The summed E-state index contributed by atoms with van der Waals surface area (Å²) in [7, 11) is 0. The molecule has 19 heavy (non-hydrogen) atoms. The largest absolute Gasteiger partial charge is 0.492 e. The van der Waals surface area contributed by atoms with Crippen molar-refractivity contribution in [1.82, 2.24) is 10.4 Å². The Balaban J connectivity index is 2.30. The molecule has 0 radical (unpaired) electrons. The van der Waals surface area contributed by atoms with Crippen molar-refractivity contribution in [1.29, 1.82) is 0 Å². The van der Waals surface area contributed by atoms with E-state index in [1.165, 1.54) is 0 Å². The van der Waals surface area contributed by atoms with Crippen LogP contribution in [-0.4, -0.2) is 11.6 Å². The van der Waals surface area contributed by atoms with Crippen LogP contribution >= 0.6 is 11.6 Å². The van der Waals surface area contributed by atoms with Gasteiger partial charge in [-0.05, 0) is 36.2 Å². The van der Waals surface area contributed by atoms with Gasteiger partial charge in [0.25, 0.3) is 0 Å². The molecule has 100 valence electrons. The average Bonchev–Trinajstić information content (AvgIpc) is 2.43. The van der Waals surface area contributed by atoms with Gasteiger partial charge in [0, 0.05) is 11.2 Å². The zero-order valence-corrected chi connectivity index (χ0v) is 11.4. The van der Waals surface area contributed by atoms with Crippen LogP contribution in [0.1, 0.15) is 24.1 Å². The molecule has 0 aliphatic carbocycles. The Kier molecular flexibility index (Phi) is 4.74. The number of hydrogen-bond acceptors (Lipinski definition) is 4. The van der Waals surface area contributed by atoms with Crippen LogP contribution in [0.15, 0.2) is 42.7 Å². The van der Waals surface area contributed by atoms with Gasteiger partial charge in [0.05, 0.1) is 18.8 Å². The fourth-order valence-electron chi connectivity index (χ4n) is 1.88. The van der Waals surface area contributed by atoms with Crippen LogP contribution in [0.4, 0.5) is 0 Å². The van der Waals surface area contributed by atoms with Gasteiger partial charge in [-0.25, -0.2) is 5.43 Å². The molecule has 0 aliphatic heterocycles. The summed E-state index contributed by atoms with van der Waals surface area (Å²) in [6.45, 7) is 2.54. The maximum Gasteiger partial charge on any atom is 0.137 e. The van der Waals surface area contributed by atoms with Crippen molar-refractivity contribution < 1.29 is 4.74 Å². The van der Waals surface area contributed by atoms with Gasteiger partial charge in [0.1, 0.15) is 5.75 Å². The summed E-state index contributed by atoms with van der Waals surface area (Å²) in [5, 5.41) is 0.695.